The van der Waals surface area contributed by atoms with Crippen LogP contribution in [0.5, 0.6) is 0 Å². The molecule has 0 aliphatic carbocycles. The maximum atomic E-state index is 5.32. The molecule has 0 amide bonds. The van der Waals surface area contributed by atoms with Crippen LogP contribution in [0, 0.1) is 5.92 Å². The molecule has 0 spiro atoms. The Kier molecular flexibility index (Phi) is 5.19. The summed E-state index contributed by atoms with van der Waals surface area (Å²) in [5.74, 6) is 2.36. The number of para-hydroxylation sites is 1. The number of rotatable bonds is 5. The maximum Gasteiger partial charge on any atom is 0.191 e. The number of nitrogens with one attached hydrogen (secondary N) is 2. The fourth-order valence-corrected chi connectivity index (χ4v) is 2.92. The van der Waals surface area contributed by atoms with E-state index in [9.17, 15) is 0 Å². The van der Waals surface area contributed by atoms with Crippen LogP contribution in [0.25, 0.3) is 0 Å². The van der Waals surface area contributed by atoms with Gasteiger partial charge in [0.1, 0.15) is 5.76 Å². The van der Waals surface area contributed by atoms with Gasteiger partial charge < -0.3 is 20.0 Å². The Morgan fingerprint density at radius 3 is 2.83 bits per heavy atom. The fourth-order valence-electron chi connectivity index (χ4n) is 2.92. The summed E-state index contributed by atoms with van der Waals surface area (Å²) in [4.78, 5) is 6.71. The van der Waals surface area contributed by atoms with Crippen LogP contribution in [-0.4, -0.2) is 32.6 Å². The lowest BCUT2D eigenvalue weighted by atomic mass is 10.1. The summed E-state index contributed by atoms with van der Waals surface area (Å²) in [5, 5.41) is 6.69. The first-order valence-corrected chi connectivity index (χ1v) is 8.12. The van der Waals surface area contributed by atoms with Gasteiger partial charge in [0.05, 0.1) is 12.8 Å². The quantitative estimate of drug-likeness (QED) is 0.658. The second-order valence-corrected chi connectivity index (χ2v) is 5.82. The third kappa shape index (κ3) is 4.28. The molecule has 0 saturated carbocycles. The third-order valence-electron chi connectivity index (χ3n) is 4.20. The minimum absolute atomic E-state index is 0.636. The number of anilines is 1. The van der Waals surface area contributed by atoms with E-state index >= 15 is 0 Å². The summed E-state index contributed by atoms with van der Waals surface area (Å²) in [6.07, 6.45) is 2.89. The maximum absolute atomic E-state index is 5.32. The SMILES string of the molecule is CN=C(NCc1ccco1)NC[C@@H]1CCN(c2ccccc2)C1. The van der Waals surface area contributed by atoms with E-state index in [1.54, 1.807) is 13.3 Å². The van der Waals surface area contributed by atoms with E-state index < -0.39 is 0 Å². The van der Waals surface area contributed by atoms with Gasteiger partial charge in [-0.3, -0.25) is 4.99 Å². The second-order valence-electron chi connectivity index (χ2n) is 5.82. The van der Waals surface area contributed by atoms with Crippen molar-refractivity contribution < 1.29 is 4.42 Å². The van der Waals surface area contributed by atoms with E-state index in [1.807, 2.05) is 12.1 Å². The van der Waals surface area contributed by atoms with E-state index in [0.29, 0.717) is 12.5 Å². The molecular formula is C18H24N4O. The largest absolute Gasteiger partial charge is 0.467 e. The van der Waals surface area contributed by atoms with Gasteiger partial charge in [0, 0.05) is 32.4 Å². The molecule has 1 fully saturated rings. The lowest BCUT2D eigenvalue weighted by molar-refractivity contribution is 0.499. The Labute approximate surface area is 137 Å². The lowest BCUT2D eigenvalue weighted by Crippen LogP contribution is -2.39. The van der Waals surface area contributed by atoms with Crippen LogP contribution in [0.3, 0.4) is 0 Å². The monoisotopic (exact) mass is 312 g/mol. The highest BCUT2D eigenvalue weighted by molar-refractivity contribution is 5.79. The Hall–Kier alpha value is -2.43. The number of hydrogen-bond donors (Lipinski definition) is 2. The van der Waals surface area contributed by atoms with Crippen LogP contribution in [0.2, 0.25) is 0 Å². The van der Waals surface area contributed by atoms with Crippen LogP contribution in [0.1, 0.15) is 12.2 Å². The number of nitrogens with zero attached hydrogens (tertiary/aromatic N) is 2. The van der Waals surface area contributed by atoms with Gasteiger partial charge in [-0.15, -0.1) is 0 Å². The predicted molar refractivity (Wildman–Crippen MR) is 93.7 cm³/mol. The predicted octanol–water partition coefficient (Wildman–Crippen LogP) is 2.47. The molecule has 2 N–H and O–H groups in total. The van der Waals surface area contributed by atoms with Crippen LogP contribution >= 0.6 is 0 Å². The topological polar surface area (TPSA) is 52.8 Å². The molecule has 1 aromatic carbocycles. The number of hydrogen-bond acceptors (Lipinski definition) is 3. The summed E-state index contributed by atoms with van der Waals surface area (Å²) in [6.45, 7) is 3.79. The highest BCUT2D eigenvalue weighted by Gasteiger charge is 2.22. The van der Waals surface area contributed by atoms with Crippen molar-refractivity contribution in [3.05, 3.63) is 54.5 Å². The first kappa shape index (κ1) is 15.5. The van der Waals surface area contributed by atoms with Crippen molar-refractivity contribution in [2.45, 2.75) is 13.0 Å². The Balaban J connectivity index is 1.43. The summed E-state index contributed by atoms with van der Waals surface area (Å²) in [7, 11) is 1.79. The third-order valence-corrected chi connectivity index (χ3v) is 4.20. The molecule has 1 aliphatic rings. The van der Waals surface area contributed by atoms with Crippen LogP contribution in [0.15, 0.2) is 58.1 Å². The highest BCUT2D eigenvalue weighted by Crippen LogP contribution is 2.22. The number of furan rings is 1. The summed E-state index contributed by atoms with van der Waals surface area (Å²) >= 11 is 0. The molecule has 0 unspecified atom stereocenters. The minimum atomic E-state index is 0.636. The summed E-state index contributed by atoms with van der Waals surface area (Å²) in [6, 6.07) is 14.5. The van der Waals surface area contributed by atoms with Crippen LogP contribution in [-0.2, 0) is 6.54 Å². The summed E-state index contributed by atoms with van der Waals surface area (Å²) < 4.78 is 5.32. The first-order valence-electron chi connectivity index (χ1n) is 8.12. The van der Waals surface area contributed by atoms with Crippen molar-refractivity contribution in [2.24, 2.45) is 10.9 Å². The van der Waals surface area contributed by atoms with Gasteiger partial charge in [-0.1, -0.05) is 18.2 Å². The Morgan fingerprint density at radius 1 is 1.22 bits per heavy atom. The van der Waals surface area contributed by atoms with E-state index in [2.05, 4.69) is 50.9 Å². The summed E-state index contributed by atoms with van der Waals surface area (Å²) in [5.41, 5.74) is 1.32. The van der Waals surface area contributed by atoms with E-state index in [4.69, 9.17) is 4.42 Å². The molecule has 23 heavy (non-hydrogen) atoms. The second kappa shape index (κ2) is 7.72. The van der Waals surface area contributed by atoms with Gasteiger partial charge in [-0.25, -0.2) is 0 Å². The van der Waals surface area contributed by atoms with Gasteiger partial charge in [-0.2, -0.15) is 0 Å². The van der Waals surface area contributed by atoms with Crippen molar-refractivity contribution in [3.8, 4) is 0 Å². The van der Waals surface area contributed by atoms with E-state index in [0.717, 1.165) is 31.4 Å². The molecule has 1 aliphatic heterocycles. The fraction of sp³-hybridized carbons (Fsp3) is 0.389. The molecule has 1 aromatic heterocycles. The molecule has 5 nitrogen and oxygen atoms in total. The molecule has 5 heteroatoms. The van der Waals surface area contributed by atoms with E-state index in [1.165, 1.54) is 12.1 Å². The molecule has 2 aromatic rings. The van der Waals surface area contributed by atoms with Crippen molar-refractivity contribution >= 4 is 11.6 Å². The Morgan fingerprint density at radius 2 is 2.09 bits per heavy atom. The minimum Gasteiger partial charge on any atom is -0.467 e. The zero-order chi connectivity index (χ0) is 15.9. The van der Waals surface area contributed by atoms with Crippen molar-refractivity contribution in [3.63, 3.8) is 0 Å². The van der Waals surface area contributed by atoms with Crippen LogP contribution < -0.4 is 15.5 Å². The lowest BCUT2D eigenvalue weighted by Gasteiger charge is -2.19. The van der Waals surface area contributed by atoms with Crippen molar-refractivity contribution in [1.29, 1.82) is 0 Å². The zero-order valence-electron chi connectivity index (χ0n) is 13.5. The molecule has 122 valence electrons. The molecule has 1 atom stereocenters. The van der Waals surface area contributed by atoms with E-state index in [-0.39, 0.29) is 0 Å². The average Bonchev–Trinajstić information content (AvgIpc) is 3.27. The highest BCUT2D eigenvalue weighted by atomic mass is 16.3. The molecular weight excluding hydrogens is 288 g/mol. The smallest absolute Gasteiger partial charge is 0.191 e. The molecule has 3 rings (SSSR count). The number of guanidine groups is 1. The number of aliphatic imine (C=N–C) groups is 1. The van der Waals surface area contributed by atoms with Gasteiger partial charge in [0.25, 0.3) is 0 Å². The Bertz CT molecular complexity index is 609. The van der Waals surface area contributed by atoms with Gasteiger partial charge in [-0.05, 0) is 36.6 Å². The normalized spacial score (nSPS) is 18.2. The van der Waals surface area contributed by atoms with Crippen molar-refractivity contribution in [1.82, 2.24) is 10.6 Å². The van der Waals surface area contributed by atoms with Gasteiger partial charge >= 0.3 is 0 Å². The average molecular weight is 312 g/mol. The van der Waals surface area contributed by atoms with Gasteiger partial charge in [0.2, 0.25) is 0 Å². The zero-order valence-corrected chi connectivity index (χ0v) is 13.5. The molecule has 0 bridgehead atoms. The number of benzene rings is 1. The first-order chi connectivity index (χ1) is 11.3. The standard InChI is InChI=1S/C18H24N4O/c1-19-18(21-13-17-8-5-11-23-17)20-12-15-9-10-22(14-15)16-6-3-2-4-7-16/h2-8,11,15H,9-10,12-14H2,1H3,(H2,19,20,21)/t15-/m0/s1. The van der Waals surface area contributed by atoms with Crippen LogP contribution in [0.4, 0.5) is 5.69 Å². The van der Waals surface area contributed by atoms with Crippen molar-refractivity contribution in [2.75, 3.05) is 31.6 Å². The molecule has 1 saturated heterocycles. The van der Waals surface area contributed by atoms with Gasteiger partial charge in [0.15, 0.2) is 5.96 Å². The molecule has 2 heterocycles. The molecule has 0 radical (unpaired) electrons.